The number of nitrogens with zero attached hydrogens (tertiary/aromatic N) is 1. The molecule has 0 spiro atoms. The average molecular weight is 643 g/mol. The van der Waals surface area contributed by atoms with Gasteiger partial charge in [0.1, 0.15) is 11.5 Å². The minimum atomic E-state index is -0.644. The number of rotatable bonds is 5. The molecule has 42 heavy (non-hydrogen) atoms. The van der Waals surface area contributed by atoms with E-state index in [0.717, 1.165) is 5.56 Å². The van der Waals surface area contributed by atoms with Gasteiger partial charge in [0.25, 0.3) is 11.6 Å². The molecule has 0 unspecified atom stereocenters. The van der Waals surface area contributed by atoms with Gasteiger partial charge in [-0.1, -0.05) is 6.07 Å². The summed E-state index contributed by atoms with van der Waals surface area (Å²) in [6.45, 7) is 14.4. The maximum absolute atomic E-state index is 12.4. The van der Waals surface area contributed by atoms with Crippen molar-refractivity contribution in [3.63, 3.8) is 0 Å². The molecule has 0 saturated carbocycles. The zero-order valence-electron chi connectivity index (χ0n) is 25.0. The Morgan fingerprint density at radius 3 is 1.88 bits per heavy atom. The number of nitrogens with one attached hydrogen (secondary N) is 1. The minimum Gasteiger partial charge on any atom is -0.426 e. The zero-order valence-corrected chi connectivity index (χ0v) is 26.5. The number of hydrogen-bond acceptors (Lipinski definition) is 8. The Bertz CT molecular complexity index is 1480. The maximum Gasteiger partial charge on any atom is 0.316 e. The Kier molecular flexibility index (Phi) is 11.0. The van der Waals surface area contributed by atoms with E-state index in [4.69, 9.17) is 15.2 Å². The number of amides is 1. The van der Waals surface area contributed by atoms with Crippen LogP contribution in [0.4, 0.5) is 17.1 Å². The molecule has 0 aliphatic heterocycles. The normalized spacial score (nSPS) is 11.1. The lowest BCUT2D eigenvalue weighted by Gasteiger charge is -2.18. The second-order valence-corrected chi connectivity index (χ2v) is 12.5. The summed E-state index contributed by atoms with van der Waals surface area (Å²) in [4.78, 5) is 46.4. The molecule has 0 radical (unpaired) electrons. The number of non-ortho nitro benzene ring substituents is 1. The number of nitrogen functional groups attached to an aromatic ring is 1. The third-order valence-electron chi connectivity index (χ3n) is 5.71. The van der Waals surface area contributed by atoms with Crippen molar-refractivity contribution in [1.82, 2.24) is 0 Å². The van der Waals surface area contributed by atoms with Gasteiger partial charge in [0.15, 0.2) is 0 Å². The molecular formula is C31H36BrN3O7. The van der Waals surface area contributed by atoms with Crippen LogP contribution in [0.3, 0.4) is 0 Å². The van der Waals surface area contributed by atoms with Crippen LogP contribution in [0.15, 0.2) is 59.1 Å². The van der Waals surface area contributed by atoms with Crippen molar-refractivity contribution in [3.05, 3.63) is 85.9 Å². The van der Waals surface area contributed by atoms with E-state index < -0.39 is 21.7 Å². The van der Waals surface area contributed by atoms with E-state index in [9.17, 15) is 24.5 Å². The molecule has 0 heterocycles. The standard InChI is InChI=1S/C19H19BrN2O5.C12H17NO2/c1-11-8-14(27-18(24)19(2,3)4)10-15(20)16(11)21-17(23)12-6-5-7-13(9-12)22(25)26;1-8-7-9(5-6-10(8)13)15-11(14)12(2,3)4/h5-10H,1-4H3,(H,21,23);5-7H,13H2,1-4H3. The zero-order chi connectivity index (χ0) is 32.0. The molecule has 10 nitrogen and oxygen atoms in total. The van der Waals surface area contributed by atoms with Crippen molar-refractivity contribution < 1.29 is 28.8 Å². The van der Waals surface area contributed by atoms with Gasteiger partial charge in [-0.2, -0.15) is 0 Å². The van der Waals surface area contributed by atoms with E-state index in [1.54, 1.807) is 58.0 Å². The molecule has 0 aliphatic rings. The SMILES string of the molecule is Cc1cc(OC(=O)C(C)(C)C)cc(Br)c1NC(=O)c1cccc([N+](=O)[O-])c1.Cc1cc(OC(=O)C(C)(C)C)ccc1N. The van der Waals surface area contributed by atoms with Crippen LogP contribution in [0, 0.1) is 34.8 Å². The predicted molar refractivity (Wildman–Crippen MR) is 166 cm³/mol. The van der Waals surface area contributed by atoms with Crippen molar-refractivity contribution in [3.8, 4) is 11.5 Å². The first-order valence-corrected chi connectivity index (χ1v) is 13.8. The van der Waals surface area contributed by atoms with Crippen molar-refractivity contribution in [2.75, 3.05) is 11.1 Å². The molecule has 0 saturated heterocycles. The summed E-state index contributed by atoms with van der Waals surface area (Å²) >= 11 is 3.36. The van der Waals surface area contributed by atoms with Gasteiger partial charge in [0, 0.05) is 27.9 Å². The number of ether oxygens (including phenoxy) is 2. The van der Waals surface area contributed by atoms with Gasteiger partial charge in [-0.3, -0.25) is 24.5 Å². The highest BCUT2D eigenvalue weighted by molar-refractivity contribution is 9.10. The van der Waals surface area contributed by atoms with E-state index in [1.807, 2.05) is 27.7 Å². The van der Waals surface area contributed by atoms with Crippen LogP contribution >= 0.6 is 15.9 Å². The number of nitro benzene ring substituents is 1. The highest BCUT2D eigenvalue weighted by atomic mass is 79.9. The third-order valence-corrected chi connectivity index (χ3v) is 6.33. The molecule has 0 atom stereocenters. The topological polar surface area (TPSA) is 151 Å². The highest BCUT2D eigenvalue weighted by Crippen LogP contribution is 2.33. The Balaban J connectivity index is 0.000000347. The van der Waals surface area contributed by atoms with Crippen LogP contribution in [0.1, 0.15) is 63.0 Å². The smallest absolute Gasteiger partial charge is 0.316 e. The van der Waals surface area contributed by atoms with Crippen LogP contribution in [-0.2, 0) is 9.59 Å². The number of nitro groups is 1. The van der Waals surface area contributed by atoms with E-state index in [-0.39, 0.29) is 23.2 Å². The van der Waals surface area contributed by atoms with Crippen LogP contribution in [0.25, 0.3) is 0 Å². The monoisotopic (exact) mass is 641 g/mol. The number of carbonyl (C=O) groups excluding carboxylic acids is 3. The largest absolute Gasteiger partial charge is 0.426 e. The number of hydrogen-bond donors (Lipinski definition) is 2. The van der Waals surface area contributed by atoms with Gasteiger partial charge in [0.05, 0.1) is 21.4 Å². The summed E-state index contributed by atoms with van der Waals surface area (Å²) in [5.41, 5.74) is 7.30. The number of carbonyl (C=O) groups is 3. The fourth-order valence-electron chi connectivity index (χ4n) is 3.11. The van der Waals surface area contributed by atoms with Crippen LogP contribution in [0.2, 0.25) is 0 Å². The number of anilines is 2. The fraction of sp³-hybridized carbons (Fsp3) is 0.323. The lowest BCUT2D eigenvalue weighted by molar-refractivity contribution is -0.384. The molecule has 3 rings (SSSR count). The van der Waals surface area contributed by atoms with Crippen LogP contribution < -0.4 is 20.5 Å². The molecule has 1 amide bonds. The summed E-state index contributed by atoms with van der Waals surface area (Å²) in [5.74, 6) is -0.204. The average Bonchev–Trinajstić information content (AvgIpc) is 2.87. The first-order chi connectivity index (χ1) is 19.3. The molecule has 224 valence electrons. The second kappa shape index (κ2) is 13.6. The third kappa shape index (κ3) is 9.69. The number of nitrogens with two attached hydrogens (primary N) is 1. The number of benzene rings is 3. The van der Waals surface area contributed by atoms with Gasteiger partial charge in [0.2, 0.25) is 0 Å². The Labute approximate surface area is 253 Å². The molecule has 0 fully saturated rings. The van der Waals surface area contributed by atoms with Gasteiger partial charge >= 0.3 is 11.9 Å². The van der Waals surface area contributed by atoms with Gasteiger partial charge in [-0.25, -0.2) is 0 Å². The van der Waals surface area contributed by atoms with Gasteiger partial charge in [-0.15, -0.1) is 0 Å². The summed E-state index contributed by atoms with van der Waals surface area (Å²) in [6.07, 6.45) is 0. The maximum atomic E-state index is 12.4. The summed E-state index contributed by atoms with van der Waals surface area (Å²) in [5, 5.41) is 13.6. The summed E-state index contributed by atoms with van der Waals surface area (Å²) in [6, 6.07) is 13.9. The Morgan fingerprint density at radius 2 is 1.38 bits per heavy atom. The molecule has 0 aromatic heterocycles. The lowest BCUT2D eigenvalue weighted by Crippen LogP contribution is -2.25. The van der Waals surface area contributed by atoms with Crippen molar-refractivity contribution in [2.24, 2.45) is 10.8 Å². The Morgan fingerprint density at radius 1 is 0.833 bits per heavy atom. The summed E-state index contributed by atoms with van der Waals surface area (Å²) < 4.78 is 11.1. The molecule has 11 heteroatoms. The molecular weight excluding hydrogens is 606 g/mol. The molecule has 3 aromatic rings. The first-order valence-electron chi connectivity index (χ1n) is 13.0. The van der Waals surface area contributed by atoms with Crippen molar-refractivity contribution in [1.29, 1.82) is 0 Å². The number of aryl methyl sites for hydroxylation is 2. The van der Waals surface area contributed by atoms with E-state index in [0.29, 0.717) is 32.9 Å². The van der Waals surface area contributed by atoms with Crippen molar-refractivity contribution in [2.45, 2.75) is 55.4 Å². The fourth-order valence-corrected chi connectivity index (χ4v) is 3.75. The van der Waals surface area contributed by atoms with Crippen molar-refractivity contribution >= 4 is 50.8 Å². The number of halogens is 1. The van der Waals surface area contributed by atoms with E-state index in [1.165, 1.54) is 24.3 Å². The number of esters is 2. The van der Waals surface area contributed by atoms with E-state index >= 15 is 0 Å². The minimum absolute atomic E-state index is 0.164. The molecule has 0 aliphatic carbocycles. The lowest BCUT2D eigenvalue weighted by atomic mass is 9.97. The van der Waals surface area contributed by atoms with Gasteiger partial charge in [-0.05, 0) is 119 Å². The van der Waals surface area contributed by atoms with Crippen LogP contribution in [0.5, 0.6) is 11.5 Å². The first kappa shape index (κ1) is 34.0. The quantitative estimate of drug-likeness (QED) is 0.0961. The van der Waals surface area contributed by atoms with Crippen LogP contribution in [-0.4, -0.2) is 22.8 Å². The molecule has 0 bridgehead atoms. The highest BCUT2D eigenvalue weighted by Gasteiger charge is 2.25. The van der Waals surface area contributed by atoms with E-state index in [2.05, 4.69) is 21.2 Å². The summed E-state index contributed by atoms with van der Waals surface area (Å²) in [7, 11) is 0. The predicted octanol–water partition coefficient (Wildman–Crippen LogP) is 7.40. The molecule has 3 N–H and O–H groups in total. The van der Waals surface area contributed by atoms with Gasteiger partial charge < -0.3 is 20.5 Å². The second-order valence-electron chi connectivity index (χ2n) is 11.7. The molecule has 3 aromatic carbocycles. The Hall–Kier alpha value is -4.25.